The first-order valence-corrected chi connectivity index (χ1v) is 9.71. The number of rotatable bonds is 7. The molecule has 1 saturated heterocycles. The van der Waals surface area contributed by atoms with Crippen molar-refractivity contribution in [3.05, 3.63) is 71.8 Å². The number of likely N-dealkylation sites (N-methyl/N-ethyl adjacent to an activating group) is 2. The summed E-state index contributed by atoms with van der Waals surface area (Å²) in [6, 6.07) is 17.0. The van der Waals surface area contributed by atoms with Crippen molar-refractivity contribution in [2.24, 2.45) is 0 Å². The maximum atomic E-state index is 13.5. The van der Waals surface area contributed by atoms with Gasteiger partial charge in [0.05, 0.1) is 13.1 Å². The average molecular weight is 423 g/mol. The van der Waals surface area contributed by atoms with Crippen molar-refractivity contribution in [1.82, 2.24) is 25.6 Å². The largest absolute Gasteiger partial charge is 0.348 e. The van der Waals surface area contributed by atoms with E-state index < -0.39 is 23.4 Å². The smallest absolute Gasteiger partial charge is 0.344 e. The van der Waals surface area contributed by atoms with Gasteiger partial charge in [0.1, 0.15) is 0 Å². The van der Waals surface area contributed by atoms with Crippen LogP contribution in [0.3, 0.4) is 0 Å². The van der Waals surface area contributed by atoms with E-state index >= 15 is 0 Å². The van der Waals surface area contributed by atoms with Crippen LogP contribution >= 0.6 is 0 Å². The van der Waals surface area contributed by atoms with E-state index in [1.165, 1.54) is 9.80 Å². The minimum atomic E-state index is -1.46. The summed E-state index contributed by atoms with van der Waals surface area (Å²) >= 11 is 0. The van der Waals surface area contributed by atoms with Crippen LogP contribution in [0, 0.1) is 0 Å². The molecule has 2 N–H and O–H groups in total. The zero-order valence-corrected chi connectivity index (χ0v) is 17.7. The van der Waals surface area contributed by atoms with Gasteiger partial charge in [0.2, 0.25) is 5.91 Å². The predicted molar refractivity (Wildman–Crippen MR) is 113 cm³/mol. The second-order valence-corrected chi connectivity index (χ2v) is 7.55. The van der Waals surface area contributed by atoms with Gasteiger partial charge in [-0.2, -0.15) is 5.01 Å². The normalized spacial score (nSPS) is 15.0. The summed E-state index contributed by atoms with van der Waals surface area (Å²) in [5.41, 5.74) is 2.06. The fraction of sp³-hybridized carbons (Fsp3) is 0.273. The van der Waals surface area contributed by atoms with E-state index in [9.17, 15) is 19.2 Å². The third-order valence-electron chi connectivity index (χ3n) is 4.99. The maximum absolute atomic E-state index is 13.5. The molecule has 1 fully saturated rings. The van der Waals surface area contributed by atoms with E-state index in [1.807, 2.05) is 12.1 Å². The molecule has 31 heavy (non-hydrogen) atoms. The Balaban J connectivity index is 1.83. The van der Waals surface area contributed by atoms with Crippen molar-refractivity contribution >= 4 is 23.8 Å². The second-order valence-electron chi connectivity index (χ2n) is 7.55. The highest BCUT2D eigenvalue weighted by Crippen LogP contribution is 2.35. The lowest BCUT2D eigenvalue weighted by Gasteiger charge is -2.28. The summed E-state index contributed by atoms with van der Waals surface area (Å²) in [6.07, 6.45) is 0. The van der Waals surface area contributed by atoms with Crippen LogP contribution in [0.2, 0.25) is 0 Å². The Morgan fingerprint density at radius 1 is 0.903 bits per heavy atom. The van der Waals surface area contributed by atoms with Crippen molar-refractivity contribution in [1.29, 1.82) is 0 Å². The Morgan fingerprint density at radius 2 is 1.42 bits per heavy atom. The van der Waals surface area contributed by atoms with Crippen LogP contribution in [-0.4, -0.2) is 72.8 Å². The van der Waals surface area contributed by atoms with Crippen LogP contribution in [0.25, 0.3) is 0 Å². The first-order chi connectivity index (χ1) is 14.8. The second kappa shape index (κ2) is 8.97. The Hall–Kier alpha value is -3.72. The number of imide groups is 1. The summed E-state index contributed by atoms with van der Waals surface area (Å²) in [5.74, 6) is -1.37. The number of benzene rings is 2. The van der Waals surface area contributed by atoms with E-state index in [2.05, 4.69) is 10.7 Å². The number of amides is 5. The molecule has 2 aromatic carbocycles. The Labute approximate surface area is 180 Å². The number of hydrogen-bond donors (Lipinski definition) is 2. The highest BCUT2D eigenvalue weighted by molar-refractivity contribution is 6.10. The molecule has 0 bridgehead atoms. The molecule has 5 amide bonds. The lowest BCUT2D eigenvalue weighted by atomic mass is 9.83. The highest BCUT2D eigenvalue weighted by Gasteiger charge is 2.54. The van der Waals surface area contributed by atoms with Crippen molar-refractivity contribution in [3.63, 3.8) is 0 Å². The fourth-order valence-corrected chi connectivity index (χ4v) is 3.40. The summed E-state index contributed by atoms with van der Waals surface area (Å²) in [4.78, 5) is 53.4. The molecule has 0 atom stereocenters. The summed E-state index contributed by atoms with van der Waals surface area (Å²) in [5, 5.41) is 3.45. The van der Waals surface area contributed by atoms with Crippen LogP contribution in [0.1, 0.15) is 11.1 Å². The Morgan fingerprint density at radius 3 is 1.90 bits per heavy atom. The maximum Gasteiger partial charge on any atom is 0.344 e. The predicted octanol–water partition coefficient (Wildman–Crippen LogP) is 0.533. The van der Waals surface area contributed by atoms with Gasteiger partial charge in [-0.15, -0.1) is 0 Å². The van der Waals surface area contributed by atoms with Gasteiger partial charge < -0.3 is 10.2 Å². The molecule has 1 aliphatic heterocycles. The zero-order valence-electron chi connectivity index (χ0n) is 17.7. The quantitative estimate of drug-likeness (QED) is 0.633. The molecule has 0 saturated carbocycles. The van der Waals surface area contributed by atoms with Crippen molar-refractivity contribution in [3.8, 4) is 0 Å². The zero-order chi connectivity index (χ0) is 22.6. The topological polar surface area (TPSA) is 102 Å². The van der Waals surface area contributed by atoms with Crippen LogP contribution in [0.5, 0.6) is 0 Å². The van der Waals surface area contributed by atoms with Crippen LogP contribution in [0.15, 0.2) is 60.7 Å². The van der Waals surface area contributed by atoms with Crippen molar-refractivity contribution in [2.75, 3.05) is 34.2 Å². The molecule has 1 heterocycles. The number of hydrazine groups is 1. The van der Waals surface area contributed by atoms with Crippen LogP contribution in [-0.2, 0) is 19.9 Å². The monoisotopic (exact) mass is 423 g/mol. The van der Waals surface area contributed by atoms with Gasteiger partial charge in [-0.25, -0.2) is 4.79 Å². The van der Waals surface area contributed by atoms with E-state index in [1.54, 1.807) is 69.7 Å². The first kappa shape index (κ1) is 22.0. The van der Waals surface area contributed by atoms with Gasteiger partial charge in [0, 0.05) is 14.1 Å². The standard InChI is InChI=1S/C22H25N5O4/c1-25(2)19(29)15-26(3)14-18(28)24-27-20(30)22(23-21(27)31,16-10-6-4-7-11-16)17-12-8-5-9-13-17/h4-13H,14-15H2,1-3H3,(H,23,31)(H,24,28). The van der Waals surface area contributed by atoms with Crippen LogP contribution < -0.4 is 10.7 Å². The molecule has 9 heteroatoms. The fourth-order valence-electron chi connectivity index (χ4n) is 3.40. The van der Waals surface area contributed by atoms with Gasteiger partial charge in [-0.05, 0) is 18.2 Å². The van der Waals surface area contributed by atoms with Gasteiger partial charge in [0.25, 0.3) is 11.8 Å². The first-order valence-electron chi connectivity index (χ1n) is 9.71. The molecule has 0 aromatic heterocycles. The number of carbonyl (C=O) groups is 4. The van der Waals surface area contributed by atoms with E-state index in [0.717, 1.165) is 0 Å². The number of hydrogen-bond acceptors (Lipinski definition) is 5. The highest BCUT2D eigenvalue weighted by atomic mass is 16.2. The molecule has 9 nitrogen and oxygen atoms in total. The molecular weight excluding hydrogens is 398 g/mol. The Bertz CT molecular complexity index is 938. The van der Waals surface area contributed by atoms with Gasteiger partial charge >= 0.3 is 6.03 Å². The SMILES string of the molecule is CN(CC(=O)NN1C(=O)NC(c2ccccc2)(c2ccccc2)C1=O)CC(=O)N(C)C. The third-order valence-corrected chi connectivity index (χ3v) is 4.99. The number of nitrogens with zero attached hydrogens (tertiary/aromatic N) is 3. The molecule has 2 aromatic rings. The van der Waals surface area contributed by atoms with Crippen molar-refractivity contribution in [2.45, 2.75) is 5.54 Å². The molecule has 1 aliphatic rings. The third kappa shape index (κ3) is 4.41. The lowest BCUT2D eigenvalue weighted by molar-refractivity contribution is -0.139. The number of nitrogens with one attached hydrogen (secondary N) is 2. The molecule has 0 unspecified atom stereocenters. The minimum absolute atomic E-state index is 0.0263. The van der Waals surface area contributed by atoms with Crippen LogP contribution in [0.4, 0.5) is 4.79 Å². The number of carbonyl (C=O) groups excluding carboxylic acids is 4. The molecular formula is C22H25N5O4. The van der Waals surface area contributed by atoms with Crippen molar-refractivity contribution < 1.29 is 19.2 Å². The molecule has 162 valence electrons. The van der Waals surface area contributed by atoms with E-state index in [4.69, 9.17) is 0 Å². The minimum Gasteiger partial charge on any atom is -0.348 e. The molecule has 0 radical (unpaired) electrons. The molecule has 3 rings (SSSR count). The molecule has 0 aliphatic carbocycles. The van der Waals surface area contributed by atoms with E-state index in [0.29, 0.717) is 16.1 Å². The summed E-state index contributed by atoms with van der Waals surface area (Å²) < 4.78 is 0. The summed E-state index contributed by atoms with van der Waals surface area (Å²) in [6.45, 7) is -0.140. The average Bonchev–Trinajstić information content (AvgIpc) is 3.00. The summed E-state index contributed by atoms with van der Waals surface area (Å²) in [7, 11) is 4.84. The van der Waals surface area contributed by atoms with E-state index in [-0.39, 0.29) is 19.0 Å². The lowest BCUT2D eigenvalue weighted by Crippen LogP contribution is -2.51. The van der Waals surface area contributed by atoms with Gasteiger partial charge in [-0.1, -0.05) is 60.7 Å². The molecule has 0 spiro atoms. The number of urea groups is 1. The van der Waals surface area contributed by atoms with Gasteiger partial charge in [-0.3, -0.25) is 24.7 Å². The Kier molecular flexibility index (Phi) is 6.36. The van der Waals surface area contributed by atoms with Gasteiger partial charge in [0.15, 0.2) is 5.54 Å².